The maximum atomic E-state index is 7.73. The van der Waals surface area contributed by atoms with Crippen molar-refractivity contribution < 1.29 is 4.12 Å². The first-order valence-electron chi connectivity index (χ1n) is 41.4. The Morgan fingerprint density at radius 2 is 0.470 bits per heavy atom. The Balaban J connectivity index is 0.717. The average Bonchev–Trinajstić information content (AvgIpc) is 1.56. The minimum atomic E-state index is -2.22. The lowest BCUT2D eigenvalue weighted by Crippen LogP contribution is -2.49. The van der Waals surface area contributed by atoms with Crippen LogP contribution in [0.2, 0.25) is 116 Å². The number of nitrogens with zero attached hydrogens (tertiary/aromatic N) is 8. The molecule has 0 fully saturated rings. The van der Waals surface area contributed by atoms with Crippen molar-refractivity contribution in [1.29, 1.82) is 0 Å². The normalized spacial score (nSPS) is 14.4. The number of benzene rings is 12. The van der Waals surface area contributed by atoms with Gasteiger partial charge in [-0.1, -0.05) is 438 Å². The second kappa shape index (κ2) is 32.1. The van der Waals surface area contributed by atoms with Gasteiger partial charge in [0.2, 0.25) is 0 Å². The van der Waals surface area contributed by atoms with Gasteiger partial charge in [-0.05, 0) is 38.3 Å². The van der Waals surface area contributed by atoms with Gasteiger partial charge >= 0.3 is 0 Å². The maximum Gasteiger partial charge on any atom is 0.261 e. The van der Waals surface area contributed by atoms with Crippen LogP contribution in [0, 0.1) is 0 Å². The van der Waals surface area contributed by atoms with Gasteiger partial charge in [-0.25, -0.2) is 29.9 Å². The highest BCUT2D eigenvalue weighted by Gasteiger charge is 2.48. The van der Waals surface area contributed by atoms with E-state index >= 15 is 0 Å². The number of imidazole rings is 2. The van der Waals surface area contributed by atoms with Crippen molar-refractivity contribution >= 4 is 92.5 Å². The summed E-state index contributed by atoms with van der Waals surface area (Å²) < 4.78 is 12.5. The Labute approximate surface area is 698 Å². The van der Waals surface area contributed by atoms with E-state index in [1.165, 1.54) is 20.7 Å². The van der Waals surface area contributed by atoms with E-state index in [0.29, 0.717) is 0 Å². The molecule has 9 nitrogen and oxygen atoms in total. The number of rotatable bonds is 26. The van der Waals surface area contributed by atoms with Crippen LogP contribution in [-0.2, 0) is 15.7 Å². The Kier molecular flexibility index (Phi) is 21.9. The van der Waals surface area contributed by atoms with Gasteiger partial charge in [0.15, 0.2) is 16.6 Å². The van der Waals surface area contributed by atoms with Crippen LogP contribution in [0.25, 0.3) is 67.8 Å². The van der Waals surface area contributed by atoms with Crippen molar-refractivity contribution in [1.82, 2.24) is 19.1 Å². The molecular formula is C102H106N8OSi6. The summed E-state index contributed by atoms with van der Waals surface area (Å²) in [4.78, 5) is 36.0. The largest absolute Gasteiger partial charge is 0.456 e. The van der Waals surface area contributed by atoms with Crippen LogP contribution in [-0.4, -0.2) is 90.9 Å². The van der Waals surface area contributed by atoms with Gasteiger partial charge in [0.1, 0.15) is 11.6 Å². The minimum Gasteiger partial charge on any atom is -0.456 e. The zero-order chi connectivity index (χ0) is 81.5. The summed E-state index contributed by atoms with van der Waals surface area (Å²) in [6.07, 6.45) is 0. The maximum absolute atomic E-state index is 7.73. The SMILES string of the molecule is C[Si](C)(CC[Si](C)(C)c1ccc(C2(n3c(-c4ccc([Si](C)(C)C)cc4)nc(-c4ccccc4)c3-c3ccccc3)N=C(c3ccccc3)C(c3ccccc3)=N2)cc1)O[Si](C)(C)CC[Si](C)(C)c1ccc(C2(n3c(-c4ccc([Si](C)(C)C)cc4)nc(-c4ccccc4)c3-c3ccccc3)N=C(c3ccccc3)C(c3ccccc3)=N2)cc1. The van der Waals surface area contributed by atoms with Gasteiger partial charge in [-0.2, -0.15) is 0 Å². The van der Waals surface area contributed by atoms with E-state index in [1.807, 2.05) is 0 Å². The van der Waals surface area contributed by atoms with Crippen LogP contribution in [0.3, 0.4) is 0 Å². The molecule has 2 aromatic heterocycles. The zero-order valence-electron chi connectivity index (χ0n) is 70.1. The van der Waals surface area contributed by atoms with Crippen molar-refractivity contribution in [3.63, 3.8) is 0 Å². The monoisotopic (exact) mass is 1630 g/mol. The van der Waals surface area contributed by atoms with Crippen molar-refractivity contribution in [2.45, 2.75) is 127 Å². The van der Waals surface area contributed by atoms with E-state index in [1.54, 1.807) is 0 Å². The molecule has 0 bridgehead atoms. The zero-order valence-corrected chi connectivity index (χ0v) is 76.1. The molecule has 16 rings (SSSR count). The van der Waals surface area contributed by atoms with Gasteiger partial charge in [0.05, 0.1) is 77.9 Å². The highest BCUT2D eigenvalue weighted by atomic mass is 28.4. The van der Waals surface area contributed by atoms with Gasteiger partial charge in [0.25, 0.3) is 11.6 Å². The number of hydrogen-bond acceptors (Lipinski definition) is 7. The van der Waals surface area contributed by atoms with Crippen molar-refractivity contribution in [3.8, 4) is 67.8 Å². The van der Waals surface area contributed by atoms with Gasteiger partial charge in [-0.3, -0.25) is 9.13 Å². The van der Waals surface area contributed by atoms with Crippen LogP contribution in [0.4, 0.5) is 0 Å². The smallest absolute Gasteiger partial charge is 0.261 e. The summed E-state index contributed by atoms with van der Waals surface area (Å²) in [5.74, 6) is -1.08. The molecule has 0 unspecified atom stereocenters. The predicted molar refractivity (Wildman–Crippen MR) is 511 cm³/mol. The Morgan fingerprint density at radius 1 is 0.239 bits per heavy atom. The molecule has 2 aliphatic rings. The Hall–Kier alpha value is -11.0. The molecule has 12 aromatic carbocycles. The molecule has 0 amide bonds. The summed E-state index contributed by atoms with van der Waals surface area (Å²) >= 11 is 0. The van der Waals surface area contributed by atoms with E-state index in [0.717, 1.165) is 148 Å². The molecular weight excluding hydrogens is 1520 g/mol. The lowest BCUT2D eigenvalue weighted by Gasteiger charge is -2.37. The van der Waals surface area contributed by atoms with E-state index in [9.17, 15) is 0 Å². The quantitative estimate of drug-likeness (QED) is 0.0506. The Bertz CT molecular complexity index is 5500. The average molecular weight is 1630 g/mol. The molecule has 584 valence electrons. The third-order valence-corrected chi connectivity index (χ3v) is 42.9. The first kappa shape index (κ1) is 79.8. The molecule has 117 heavy (non-hydrogen) atoms. The van der Waals surface area contributed by atoms with Crippen molar-refractivity contribution in [2.24, 2.45) is 20.0 Å². The number of hydrogen-bond donors (Lipinski definition) is 0. The van der Waals surface area contributed by atoms with E-state index in [2.05, 4.69) is 441 Å². The summed E-state index contributed by atoms with van der Waals surface area (Å²) in [6, 6.07) is 127. The van der Waals surface area contributed by atoms with E-state index in [-0.39, 0.29) is 0 Å². The predicted octanol–water partition coefficient (Wildman–Crippen LogP) is 23.4. The first-order chi connectivity index (χ1) is 56.2. The Morgan fingerprint density at radius 3 is 0.718 bits per heavy atom. The molecule has 0 saturated carbocycles. The second-order valence-corrected chi connectivity index (χ2v) is 64.9. The standard InChI is InChI=1S/C102H106N8OSi6/c1-112(2,3)87-63-55-83(56-64-87)99-103-95(79-47-31-19-32-48-79)97(81-51-35-21-36-52-81)109(99)101(105-91(75-39-23-15-24-40-75)92(106-101)76-41-25-16-26-42-76)85-59-67-89(68-60-85)114(7,8)71-73-116(11,12)111-117(13,14)74-72-115(9,10)90-69-61-86(62-70-90)102(107-93(77-43-27-17-28-44-77)94(108-102)78-45-29-18-30-46-78)110-98(82-53-37-22-38-54-82)96(80-49-33-20-34-50-80)104-100(110)84-57-65-88(66-58-84)113(4,5)6/h15-70H,71-74H2,1-14H3. The van der Waals surface area contributed by atoms with Gasteiger partial charge < -0.3 is 4.12 Å². The third kappa shape index (κ3) is 16.4. The van der Waals surface area contributed by atoms with Crippen LogP contribution in [0.1, 0.15) is 33.4 Å². The van der Waals surface area contributed by atoms with Crippen LogP contribution >= 0.6 is 0 Å². The summed E-state index contributed by atoms with van der Waals surface area (Å²) in [6.45, 7) is 34.6. The lowest BCUT2D eigenvalue weighted by atomic mass is 10.0. The highest BCUT2D eigenvalue weighted by molar-refractivity contribution is 6.93. The lowest BCUT2D eigenvalue weighted by molar-refractivity contribution is 0.409. The number of aliphatic imine (C=N–C) groups is 4. The first-order valence-corrected chi connectivity index (χ1v) is 61.1. The molecule has 0 radical (unpaired) electrons. The van der Waals surface area contributed by atoms with Crippen LogP contribution in [0.15, 0.2) is 360 Å². The summed E-state index contributed by atoms with van der Waals surface area (Å²) in [5, 5.41) is 5.58. The van der Waals surface area contributed by atoms with Crippen molar-refractivity contribution in [2.75, 3.05) is 0 Å². The molecule has 0 N–H and O–H groups in total. The van der Waals surface area contributed by atoms with E-state index < -0.39 is 60.5 Å². The molecule has 2 aliphatic heterocycles. The fourth-order valence-corrected chi connectivity index (χ4v) is 38.5. The highest BCUT2D eigenvalue weighted by Crippen LogP contribution is 2.50. The minimum absolute atomic E-state index is 0.799. The number of aromatic nitrogens is 4. The molecule has 14 aromatic rings. The molecule has 0 spiro atoms. The molecule has 0 saturated heterocycles. The van der Waals surface area contributed by atoms with Gasteiger partial charge in [0, 0.05) is 66.8 Å². The molecule has 0 atom stereocenters. The fourth-order valence-electron chi connectivity index (χ4n) is 16.8. The summed E-state index contributed by atoms with van der Waals surface area (Å²) in [7, 11) is -12.0. The fraction of sp³-hybridized carbons (Fsp3) is 0.196. The third-order valence-electron chi connectivity index (χ3n) is 23.7. The molecule has 15 heteroatoms. The van der Waals surface area contributed by atoms with Crippen LogP contribution < -0.4 is 20.7 Å². The second-order valence-electron chi connectivity index (χ2n) is 36.2. The summed E-state index contributed by atoms with van der Waals surface area (Å²) in [5.41, 5.74) is 19.0. The van der Waals surface area contributed by atoms with Crippen LogP contribution in [0.5, 0.6) is 0 Å². The van der Waals surface area contributed by atoms with Gasteiger partial charge in [-0.15, -0.1) is 0 Å². The molecule has 4 heterocycles. The topological polar surface area (TPSA) is 94.3 Å². The van der Waals surface area contributed by atoms with Crippen molar-refractivity contribution in [3.05, 3.63) is 373 Å². The molecule has 0 aliphatic carbocycles. The van der Waals surface area contributed by atoms with E-state index in [4.69, 9.17) is 34.1 Å².